The lowest BCUT2D eigenvalue weighted by Crippen LogP contribution is -2.16. The normalized spacial score (nSPS) is 12.1. The van der Waals surface area contributed by atoms with E-state index in [1.165, 1.54) is 12.3 Å². The molecule has 5 nitrogen and oxygen atoms in total. The summed E-state index contributed by atoms with van der Waals surface area (Å²) in [5.41, 5.74) is 5.78. The van der Waals surface area contributed by atoms with Gasteiger partial charge < -0.3 is 5.32 Å². The minimum atomic E-state index is -0.357. The summed E-state index contributed by atoms with van der Waals surface area (Å²) in [4.78, 5) is 21.3. The summed E-state index contributed by atoms with van der Waals surface area (Å²) >= 11 is 0. The minimum absolute atomic E-state index is 0.263. The number of nitrogens with one attached hydrogen (secondary N) is 1. The summed E-state index contributed by atoms with van der Waals surface area (Å²) in [7, 11) is 0. The van der Waals surface area contributed by atoms with Gasteiger partial charge in [0.05, 0.1) is 17.8 Å². The van der Waals surface area contributed by atoms with Crippen molar-refractivity contribution in [3.8, 4) is 6.07 Å². The number of carbonyl (C=O) groups is 1. The molecule has 0 bridgehead atoms. The topological polar surface area (TPSA) is 78.1 Å². The molecule has 4 rings (SSSR count). The van der Waals surface area contributed by atoms with Gasteiger partial charge in [0.1, 0.15) is 17.6 Å². The number of amides is 1. The zero-order valence-electron chi connectivity index (χ0n) is 16.0. The van der Waals surface area contributed by atoms with E-state index in [9.17, 15) is 9.18 Å². The van der Waals surface area contributed by atoms with Crippen LogP contribution in [-0.2, 0) is 6.54 Å². The lowest BCUT2D eigenvalue weighted by atomic mass is 9.98. The van der Waals surface area contributed by atoms with Gasteiger partial charge in [0.25, 0.3) is 5.91 Å². The highest BCUT2D eigenvalue weighted by Crippen LogP contribution is 2.27. The fourth-order valence-electron chi connectivity index (χ4n) is 3.31. The molecule has 3 aromatic rings. The molecule has 1 aromatic heterocycles. The first kappa shape index (κ1) is 18.5. The number of rotatable bonds is 3. The summed E-state index contributed by atoms with van der Waals surface area (Å²) in [5, 5.41) is 11.8. The Kier molecular flexibility index (Phi) is 4.65. The summed E-state index contributed by atoms with van der Waals surface area (Å²) in [6.07, 6.45) is 1.38. The number of fused-ring (bicyclic) bond motifs is 1. The highest BCUT2D eigenvalue weighted by Gasteiger charge is 2.20. The van der Waals surface area contributed by atoms with E-state index in [-0.39, 0.29) is 17.4 Å². The Morgan fingerprint density at radius 1 is 1.14 bits per heavy atom. The summed E-state index contributed by atoms with van der Waals surface area (Å²) in [6, 6.07) is 14.3. The summed E-state index contributed by atoms with van der Waals surface area (Å²) < 4.78 is 14.0. The number of aromatic nitrogens is 1. The van der Waals surface area contributed by atoms with Crippen molar-refractivity contribution in [3.63, 3.8) is 0 Å². The number of anilines is 1. The Balaban J connectivity index is 1.62. The molecule has 2 aromatic carbocycles. The number of nitriles is 1. The standard InChI is InChI=1S/C23H17FN4O/c1-13-3-4-16(8-20(13)24)22-19-9-18(6-5-17(19)12-27-22)28-23(29)21-14(2)7-15(10-25)11-26-21/h3-9,11H,12H2,1-2H3,(H,28,29). The maximum atomic E-state index is 14.0. The number of pyridine rings is 1. The molecule has 0 spiro atoms. The Labute approximate surface area is 167 Å². The van der Waals surface area contributed by atoms with Crippen molar-refractivity contribution in [1.82, 2.24) is 4.98 Å². The second-order valence-corrected chi connectivity index (χ2v) is 6.96. The molecule has 1 amide bonds. The summed E-state index contributed by atoms with van der Waals surface area (Å²) in [5.74, 6) is -0.629. The van der Waals surface area contributed by atoms with E-state index in [1.54, 1.807) is 26.0 Å². The average molecular weight is 384 g/mol. The number of carbonyl (C=O) groups excluding carboxylic acids is 1. The molecule has 2 heterocycles. The molecule has 0 aliphatic carbocycles. The van der Waals surface area contributed by atoms with Gasteiger partial charge >= 0.3 is 0 Å². The maximum absolute atomic E-state index is 14.0. The first-order chi connectivity index (χ1) is 14.0. The van der Waals surface area contributed by atoms with Crippen molar-refractivity contribution in [2.24, 2.45) is 4.99 Å². The van der Waals surface area contributed by atoms with E-state index < -0.39 is 0 Å². The Hall–Kier alpha value is -3.85. The van der Waals surface area contributed by atoms with Crippen LogP contribution in [0, 0.1) is 31.0 Å². The van der Waals surface area contributed by atoms with Crippen molar-refractivity contribution < 1.29 is 9.18 Å². The number of aryl methyl sites for hydroxylation is 2. The minimum Gasteiger partial charge on any atom is -0.321 e. The SMILES string of the molecule is Cc1ccc(C2=NCc3ccc(NC(=O)c4ncc(C#N)cc4C)cc32)cc1F. The van der Waals surface area contributed by atoms with E-state index in [0.717, 1.165) is 11.1 Å². The maximum Gasteiger partial charge on any atom is 0.274 e. The van der Waals surface area contributed by atoms with Gasteiger partial charge in [0, 0.05) is 23.0 Å². The lowest BCUT2D eigenvalue weighted by Gasteiger charge is -2.10. The Morgan fingerprint density at radius 2 is 1.97 bits per heavy atom. The first-order valence-corrected chi connectivity index (χ1v) is 9.08. The van der Waals surface area contributed by atoms with Gasteiger partial charge in [0.2, 0.25) is 0 Å². The second kappa shape index (κ2) is 7.28. The number of hydrogen-bond donors (Lipinski definition) is 1. The predicted octanol–water partition coefficient (Wildman–Crippen LogP) is 4.31. The van der Waals surface area contributed by atoms with Crippen LogP contribution < -0.4 is 5.32 Å². The van der Waals surface area contributed by atoms with Crippen LogP contribution in [0.3, 0.4) is 0 Å². The Morgan fingerprint density at radius 3 is 2.69 bits per heavy atom. The van der Waals surface area contributed by atoms with Crippen LogP contribution in [0.1, 0.15) is 43.9 Å². The largest absolute Gasteiger partial charge is 0.321 e. The zero-order valence-corrected chi connectivity index (χ0v) is 16.0. The van der Waals surface area contributed by atoms with Crippen LogP contribution in [0.5, 0.6) is 0 Å². The van der Waals surface area contributed by atoms with E-state index in [1.807, 2.05) is 30.3 Å². The van der Waals surface area contributed by atoms with Gasteiger partial charge in [-0.3, -0.25) is 9.79 Å². The molecule has 1 aliphatic heterocycles. The molecule has 6 heteroatoms. The third-order valence-corrected chi connectivity index (χ3v) is 4.90. The number of hydrogen-bond acceptors (Lipinski definition) is 4. The molecule has 142 valence electrons. The molecule has 0 unspecified atom stereocenters. The molecule has 0 saturated carbocycles. The van der Waals surface area contributed by atoms with Gasteiger partial charge in [-0.1, -0.05) is 18.2 Å². The van der Waals surface area contributed by atoms with Crippen LogP contribution in [0.4, 0.5) is 10.1 Å². The van der Waals surface area contributed by atoms with Gasteiger partial charge in [-0.2, -0.15) is 5.26 Å². The highest BCUT2D eigenvalue weighted by molar-refractivity contribution is 6.16. The van der Waals surface area contributed by atoms with Crippen molar-refractivity contribution in [1.29, 1.82) is 5.26 Å². The van der Waals surface area contributed by atoms with Crippen LogP contribution in [0.15, 0.2) is 53.7 Å². The third kappa shape index (κ3) is 3.50. The predicted molar refractivity (Wildman–Crippen MR) is 109 cm³/mol. The van der Waals surface area contributed by atoms with Crippen LogP contribution in [-0.4, -0.2) is 16.6 Å². The van der Waals surface area contributed by atoms with E-state index >= 15 is 0 Å². The molecule has 0 atom stereocenters. The van der Waals surface area contributed by atoms with Gasteiger partial charge in [-0.15, -0.1) is 0 Å². The van der Waals surface area contributed by atoms with Crippen molar-refractivity contribution in [3.05, 3.63) is 93.6 Å². The zero-order chi connectivity index (χ0) is 20.5. The molecule has 0 radical (unpaired) electrons. The van der Waals surface area contributed by atoms with Gasteiger partial charge in [-0.25, -0.2) is 9.37 Å². The van der Waals surface area contributed by atoms with Crippen LogP contribution >= 0.6 is 0 Å². The van der Waals surface area contributed by atoms with E-state index in [2.05, 4.69) is 15.3 Å². The molecule has 0 fully saturated rings. The quantitative estimate of drug-likeness (QED) is 0.731. The second-order valence-electron chi connectivity index (χ2n) is 6.96. The van der Waals surface area contributed by atoms with E-state index in [4.69, 9.17) is 5.26 Å². The van der Waals surface area contributed by atoms with Crippen LogP contribution in [0.25, 0.3) is 0 Å². The molecule has 1 aliphatic rings. The molecule has 0 saturated heterocycles. The van der Waals surface area contributed by atoms with Crippen molar-refractivity contribution in [2.45, 2.75) is 20.4 Å². The highest BCUT2D eigenvalue weighted by atomic mass is 19.1. The van der Waals surface area contributed by atoms with Gasteiger partial charge in [-0.05, 0) is 54.8 Å². The lowest BCUT2D eigenvalue weighted by molar-refractivity contribution is 0.102. The molecule has 29 heavy (non-hydrogen) atoms. The van der Waals surface area contributed by atoms with E-state index in [0.29, 0.717) is 40.2 Å². The monoisotopic (exact) mass is 384 g/mol. The summed E-state index contributed by atoms with van der Waals surface area (Å²) in [6.45, 7) is 3.98. The van der Waals surface area contributed by atoms with Gasteiger partial charge in [0.15, 0.2) is 0 Å². The molecular formula is C23H17FN4O. The average Bonchev–Trinajstić information content (AvgIpc) is 3.13. The van der Waals surface area contributed by atoms with Crippen molar-refractivity contribution >= 4 is 17.3 Å². The number of benzene rings is 2. The molecular weight excluding hydrogens is 367 g/mol. The third-order valence-electron chi connectivity index (χ3n) is 4.90. The first-order valence-electron chi connectivity index (χ1n) is 9.08. The molecule has 1 N–H and O–H groups in total. The fraction of sp³-hybridized carbons (Fsp3) is 0.130. The smallest absolute Gasteiger partial charge is 0.274 e. The number of nitrogens with zero attached hydrogens (tertiary/aromatic N) is 3. The van der Waals surface area contributed by atoms with Crippen molar-refractivity contribution in [2.75, 3.05) is 5.32 Å². The van der Waals surface area contributed by atoms with Crippen LogP contribution in [0.2, 0.25) is 0 Å². The number of halogens is 1. The number of aliphatic imine (C=N–C) groups is 1. The fourth-order valence-corrected chi connectivity index (χ4v) is 3.31. The Bertz CT molecular complexity index is 1220.